The van der Waals surface area contributed by atoms with Crippen LogP contribution < -0.4 is 0 Å². The van der Waals surface area contributed by atoms with Crippen LogP contribution in [0.25, 0.3) is 0 Å². The molecule has 0 amide bonds. The monoisotopic (exact) mass is 152 g/mol. The molecule has 1 nitrogen and oxygen atoms in total. The van der Waals surface area contributed by atoms with E-state index in [4.69, 9.17) is 3.57 Å². The van der Waals surface area contributed by atoms with Gasteiger partial charge in [0.15, 0.2) is 0 Å². The van der Waals surface area contributed by atoms with E-state index in [0.717, 1.165) is 0 Å². The summed E-state index contributed by atoms with van der Waals surface area (Å²) in [6, 6.07) is 0. The molecule has 0 aliphatic heterocycles. The van der Waals surface area contributed by atoms with Gasteiger partial charge in [0.25, 0.3) is 0 Å². The van der Waals surface area contributed by atoms with Crippen molar-refractivity contribution in [2.24, 2.45) is 0 Å². The maximum Gasteiger partial charge on any atom is 0 e. The van der Waals surface area contributed by atoms with Gasteiger partial charge in [-0.25, -0.2) is 0 Å². The Labute approximate surface area is 59.8 Å². The maximum absolute atomic E-state index is 8.38. The Balaban J connectivity index is -0.00000000500. The molecule has 0 heterocycles. The second-order valence-electron chi connectivity index (χ2n) is 0. The number of hydrogen-bond donors (Lipinski definition) is 0. The summed E-state index contributed by atoms with van der Waals surface area (Å²) in [5.41, 5.74) is 0. The van der Waals surface area contributed by atoms with E-state index in [1.54, 1.807) is 0 Å². The minimum atomic E-state index is 0. The van der Waals surface area contributed by atoms with Crippen molar-refractivity contribution in [3.63, 3.8) is 0 Å². The molecule has 0 aromatic carbocycles. The number of hydrogen-bond acceptors (Lipinski definition) is 1. The Morgan fingerprint density at radius 1 is 1.25 bits per heavy atom. The van der Waals surface area contributed by atoms with Crippen LogP contribution in [0.2, 0.25) is 0 Å². The van der Waals surface area contributed by atoms with Crippen molar-refractivity contribution >= 4 is 18.9 Å². The Hall–Kier alpha value is 1.64. The first kappa shape index (κ1) is 17.4. The van der Waals surface area contributed by atoms with Crippen molar-refractivity contribution in [2.45, 2.75) is 0 Å². The number of rotatable bonds is 0. The third kappa shape index (κ3) is 9.43. The zero-order valence-electron chi connectivity index (χ0n) is 1.82. The van der Waals surface area contributed by atoms with Gasteiger partial charge >= 0.3 is 40.7 Å². The first-order valence-corrected chi connectivity index (χ1v) is 1.50. The van der Waals surface area contributed by atoms with Crippen molar-refractivity contribution in [3.8, 4) is 0 Å². The minimum absolute atomic E-state index is 0. The fourth-order valence-corrected chi connectivity index (χ4v) is 0. The van der Waals surface area contributed by atoms with Gasteiger partial charge in [-0.05, 0) is 0 Å². The average molecular weight is 155 g/mol. The third-order valence-corrected chi connectivity index (χ3v) is 0. The van der Waals surface area contributed by atoms with E-state index in [1.165, 1.54) is 0 Å². The topological polar surface area (TPSA) is 17.1 Å². The molecular weight excluding hydrogens is 154 g/mol. The van der Waals surface area contributed by atoms with Crippen molar-refractivity contribution in [2.75, 3.05) is 0 Å². The van der Waals surface area contributed by atoms with E-state index in [-0.39, 0.29) is 56.6 Å². The van der Waals surface area contributed by atoms with Gasteiger partial charge in [-0.15, -0.1) is 0 Å². The fraction of sp³-hybridized carbons (Fsp3) is 0. The molecule has 0 N–H and O–H groups in total. The molecule has 0 saturated heterocycles. The molecule has 0 bridgehead atoms. The molecule has 4 heteroatoms. The molecular formula is HLiOZn2. The molecule has 0 aliphatic rings. The Bertz CT molecular complexity index is 6.00. The van der Waals surface area contributed by atoms with Gasteiger partial charge in [0, 0.05) is 19.5 Å². The first-order valence-electron chi connectivity index (χ1n) is 0.289. The van der Waals surface area contributed by atoms with Crippen LogP contribution in [-0.4, -0.2) is 18.9 Å². The van der Waals surface area contributed by atoms with Crippen molar-refractivity contribution in [1.29, 1.82) is 0 Å². The minimum Gasteiger partial charge on any atom is 0 e. The standard InChI is InChI=1S/Li.O.2Zn.H. The van der Waals surface area contributed by atoms with Gasteiger partial charge in [-0.2, -0.15) is 0 Å². The first-order chi connectivity index (χ1) is 1.00. The summed E-state index contributed by atoms with van der Waals surface area (Å²) in [5.74, 6) is 0. The zero-order valence-corrected chi connectivity index (χ0v) is 7.76. The van der Waals surface area contributed by atoms with Crippen LogP contribution in [0.15, 0.2) is 0 Å². The van der Waals surface area contributed by atoms with Gasteiger partial charge in [-0.1, -0.05) is 0 Å². The van der Waals surface area contributed by atoms with E-state index >= 15 is 0 Å². The summed E-state index contributed by atoms with van der Waals surface area (Å²) in [6.07, 6.45) is 0. The largest absolute Gasteiger partial charge is 0 e. The molecule has 0 aromatic heterocycles. The second-order valence-corrected chi connectivity index (χ2v) is 0. The van der Waals surface area contributed by atoms with Crippen molar-refractivity contribution < 1.29 is 41.3 Å². The molecule has 0 spiro atoms. The molecule has 0 rings (SSSR count). The van der Waals surface area contributed by atoms with E-state index in [2.05, 4.69) is 0 Å². The van der Waals surface area contributed by atoms with Gasteiger partial charge in [0.2, 0.25) is 0 Å². The normalized spacial score (nSPS) is 1.50. The van der Waals surface area contributed by atoms with Crippen LogP contribution in [0.3, 0.4) is 0 Å². The zero-order chi connectivity index (χ0) is 2.00. The van der Waals surface area contributed by atoms with Gasteiger partial charge in [0.05, 0.1) is 0 Å². The molecule has 0 atom stereocenters. The van der Waals surface area contributed by atoms with Crippen molar-refractivity contribution in [1.82, 2.24) is 0 Å². The van der Waals surface area contributed by atoms with Gasteiger partial charge < -0.3 is 0 Å². The molecule has 0 saturated carbocycles. The summed E-state index contributed by atoms with van der Waals surface area (Å²) in [7, 11) is 0. The molecule has 4 heavy (non-hydrogen) atoms. The van der Waals surface area contributed by atoms with E-state index < -0.39 is 0 Å². The Morgan fingerprint density at radius 2 is 1.25 bits per heavy atom. The average Bonchev–Trinajstić information content (AvgIpc) is 1.00. The summed E-state index contributed by atoms with van der Waals surface area (Å²) < 4.78 is 8.38. The molecule has 0 radical (unpaired) electrons. The Morgan fingerprint density at radius 3 is 1.25 bits per heavy atom. The fourth-order valence-electron chi connectivity index (χ4n) is 0. The SMILES string of the molecule is [LiH].[O]=[Zn].[Zn]. The van der Waals surface area contributed by atoms with Crippen LogP contribution in [0.5, 0.6) is 0 Å². The Kier molecular flexibility index (Phi) is 99.3. The summed E-state index contributed by atoms with van der Waals surface area (Å²) >= 11 is 0.125. The van der Waals surface area contributed by atoms with Crippen LogP contribution in [-0.2, 0) is 41.3 Å². The van der Waals surface area contributed by atoms with Crippen LogP contribution >= 0.6 is 0 Å². The summed E-state index contributed by atoms with van der Waals surface area (Å²) in [4.78, 5) is 0. The van der Waals surface area contributed by atoms with E-state index in [9.17, 15) is 0 Å². The van der Waals surface area contributed by atoms with Gasteiger partial charge in [0.1, 0.15) is 0 Å². The maximum atomic E-state index is 8.38. The van der Waals surface area contributed by atoms with Crippen LogP contribution in [0.4, 0.5) is 0 Å². The quantitative estimate of drug-likeness (QED) is 0.419. The van der Waals surface area contributed by atoms with Gasteiger partial charge in [-0.3, -0.25) is 0 Å². The third-order valence-electron chi connectivity index (χ3n) is 0. The van der Waals surface area contributed by atoms with Crippen molar-refractivity contribution in [3.05, 3.63) is 0 Å². The second kappa shape index (κ2) is 22.8. The smallest absolute Gasteiger partial charge is 0 e. The molecule has 0 fully saturated rings. The van der Waals surface area contributed by atoms with E-state index in [0.29, 0.717) is 0 Å². The van der Waals surface area contributed by atoms with Crippen LogP contribution in [0.1, 0.15) is 0 Å². The molecule has 0 aliphatic carbocycles. The summed E-state index contributed by atoms with van der Waals surface area (Å²) in [6.45, 7) is 0. The van der Waals surface area contributed by atoms with Crippen LogP contribution in [0, 0.1) is 0 Å². The predicted octanol–water partition coefficient (Wildman–Crippen LogP) is -0.772. The molecule has 0 aromatic rings. The predicted molar refractivity (Wildman–Crippen MR) is 7.84 cm³/mol. The molecule has 12 valence electrons. The molecule has 0 unspecified atom stereocenters. The summed E-state index contributed by atoms with van der Waals surface area (Å²) in [5, 5.41) is 0. The van der Waals surface area contributed by atoms with E-state index in [1.807, 2.05) is 0 Å².